The van der Waals surface area contributed by atoms with Crippen molar-refractivity contribution in [1.82, 2.24) is 0 Å². The zero-order valence-corrected chi connectivity index (χ0v) is 7.00. The molecule has 0 fully saturated rings. The molecule has 2 heteroatoms. The number of aliphatic hydroxyl groups excluding tert-OH is 2. The average molecular weight is 158 g/mol. The lowest BCUT2D eigenvalue weighted by molar-refractivity contribution is 0.233. The molecule has 0 aromatic carbocycles. The fourth-order valence-electron chi connectivity index (χ4n) is 1.18. The molecule has 0 aliphatic rings. The SMILES string of the molecule is C=CC[C@H](CCO)CCCO. The summed E-state index contributed by atoms with van der Waals surface area (Å²) in [5.41, 5.74) is 0. The smallest absolute Gasteiger partial charge is 0.0433 e. The van der Waals surface area contributed by atoms with Gasteiger partial charge in [0.1, 0.15) is 0 Å². The van der Waals surface area contributed by atoms with Crippen molar-refractivity contribution in [1.29, 1.82) is 0 Å². The Kier molecular flexibility index (Phi) is 7.52. The first-order valence-corrected chi connectivity index (χ1v) is 4.17. The highest BCUT2D eigenvalue weighted by Gasteiger charge is 2.04. The fourth-order valence-corrected chi connectivity index (χ4v) is 1.18. The third-order valence-corrected chi connectivity index (χ3v) is 1.81. The summed E-state index contributed by atoms with van der Waals surface area (Å²) >= 11 is 0. The third kappa shape index (κ3) is 6.07. The van der Waals surface area contributed by atoms with Gasteiger partial charge < -0.3 is 10.2 Å². The predicted octanol–water partition coefficient (Wildman–Crippen LogP) is 1.33. The van der Waals surface area contributed by atoms with Crippen molar-refractivity contribution < 1.29 is 10.2 Å². The monoisotopic (exact) mass is 158 g/mol. The highest BCUT2D eigenvalue weighted by molar-refractivity contribution is 4.72. The molecular formula is C9H18O2. The maximum Gasteiger partial charge on any atom is 0.0433 e. The van der Waals surface area contributed by atoms with Crippen LogP contribution >= 0.6 is 0 Å². The van der Waals surface area contributed by atoms with E-state index < -0.39 is 0 Å². The lowest BCUT2D eigenvalue weighted by Crippen LogP contribution is -2.03. The minimum absolute atomic E-state index is 0.240. The van der Waals surface area contributed by atoms with Crippen molar-refractivity contribution in [3.63, 3.8) is 0 Å². The van der Waals surface area contributed by atoms with Crippen LogP contribution in [0.15, 0.2) is 12.7 Å². The van der Waals surface area contributed by atoms with E-state index in [0.29, 0.717) is 5.92 Å². The Balaban J connectivity index is 3.41. The Hall–Kier alpha value is -0.340. The van der Waals surface area contributed by atoms with Crippen LogP contribution in [0, 0.1) is 5.92 Å². The van der Waals surface area contributed by atoms with Crippen molar-refractivity contribution in [2.75, 3.05) is 13.2 Å². The van der Waals surface area contributed by atoms with Crippen LogP contribution in [0.25, 0.3) is 0 Å². The summed E-state index contributed by atoms with van der Waals surface area (Å²) < 4.78 is 0. The highest BCUT2D eigenvalue weighted by atomic mass is 16.3. The van der Waals surface area contributed by atoms with Gasteiger partial charge in [0.05, 0.1) is 0 Å². The molecule has 0 aliphatic carbocycles. The second-order valence-electron chi connectivity index (χ2n) is 2.77. The Morgan fingerprint density at radius 3 is 2.36 bits per heavy atom. The molecule has 0 unspecified atom stereocenters. The number of hydrogen-bond acceptors (Lipinski definition) is 2. The molecule has 0 heterocycles. The summed E-state index contributed by atoms with van der Waals surface area (Å²) in [5.74, 6) is 0.504. The van der Waals surface area contributed by atoms with Gasteiger partial charge in [-0.15, -0.1) is 6.58 Å². The van der Waals surface area contributed by atoms with E-state index in [1.165, 1.54) is 0 Å². The van der Waals surface area contributed by atoms with Gasteiger partial charge in [-0.25, -0.2) is 0 Å². The van der Waals surface area contributed by atoms with Gasteiger partial charge in [0.25, 0.3) is 0 Å². The van der Waals surface area contributed by atoms with Crippen molar-refractivity contribution >= 4 is 0 Å². The Bertz CT molecular complexity index is 91.6. The summed E-state index contributed by atoms with van der Waals surface area (Å²) in [6, 6.07) is 0. The van der Waals surface area contributed by atoms with E-state index in [1.54, 1.807) is 0 Å². The second kappa shape index (κ2) is 7.76. The average Bonchev–Trinajstić information content (AvgIpc) is 2.01. The van der Waals surface area contributed by atoms with Crippen LogP contribution in [0.1, 0.15) is 25.7 Å². The summed E-state index contributed by atoms with van der Waals surface area (Å²) in [5, 5.41) is 17.2. The Labute approximate surface area is 68.6 Å². The van der Waals surface area contributed by atoms with Crippen molar-refractivity contribution in [2.24, 2.45) is 5.92 Å². The van der Waals surface area contributed by atoms with Crippen LogP contribution < -0.4 is 0 Å². The first-order chi connectivity index (χ1) is 5.35. The highest BCUT2D eigenvalue weighted by Crippen LogP contribution is 2.14. The van der Waals surface area contributed by atoms with Gasteiger partial charge in [0.15, 0.2) is 0 Å². The summed E-state index contributed by atoms with van der Waals surface area (Å²) in [7, 11) is 0. The van der Waals surface area contributed by atoms with Gasteiger partial charge in [0, 0.05) is 13.2 Å². The third-order valence-electron chi connectivity index (χ3n) is 1.81. The first-order valence-electron chi connectivity index (χ1n) is 4.17. The molecular weight excluding hydrogens is 140 g/mol. The van der Waals surface area contributed by atoms with Gasteiger partial charge in [-0.1, -0.05) is 6.08 Å². The van der Waals surface area contributed by atoms with Crippen LogP contribution in [-0.4, -0.2) is 23.4 Å². The molecule has 0 radical (unpaired) electrons. The molecule has 0 aliphatic heterocycles. The van der Waals surface area contributed by atoms with E-state index in [2.05, 4.69) is 6.58 Å². The largest absolute Gasteiger partial charge is 0.396 e. The van der Waals surface area contributed by atoms with Gasteiger partial charge >= 0.3 is 0 Å². The van der Waals surface area contributed by atoms with E-state index in [-0.39, 0.29) is 13.2 Å². The summed E-state index contributed by atoms with van der Waals surface area (Å²) in [6.45, 7) is 4.14. The molecule has 0 saturated heterocycles. The molecule has 0 bridgehead atoms. The molecule has 0 aromatic heterocycles. The maximum absolute atomic E-state index is 8.67. The van der Waals surface area contributed by atoms with E-state index in [0.717, 1.165) is 25.7 Å². The first kappa shape index (κ1) is 10.7. The zero-order valence-electron chi connectivity index (χ0n) is 7.00. The number of rotatable bonds is 7. The Morgan fingerprint density at radius 1 is 1.18 bits per heavy atom. The van der Waals surface area contributed by atoms with E-state index in [4.69, 9.17) is 10.2 Å². The van der Waals surface area contributed by atoms with Gasteiger partial charge in [-0.3, -0.25) is 0 Å². The molecule has 0 saturated carbocycles. The van der Waals surface area contributed by atoms with Gasteiger partial charge in [-0.05, 0) is 31.6 Å². The normalized spacial score (nSPS) is 12.9. The van der Waals surface area contributed by atoms with E-state index in [9.17, 15) is 0 Å². The fraction of sp³-hybridized carbons (Fsp3) is 0.778. The van der Waals surface area contributed by atoms with Crippen molar-refractivity contribution in [3.8, 4) is 0 Å². The van der Waals surface area contributed by atoms with Crippen LogP contribution in [0.3, 0.4) is 0 Å². The quantitative estimate of drug-likeness (QED) is 0.549. The topological polar surface area (TPSA) is 40.5 Å². The summed E-state index contributed by atoms with van der Waals surface area (Å²) in [6.07, 6.45) is 5.46. The minimum atomic E-state index is 0.240. The molecule has 2 nitrogen and oxygen atoms in total. The standard InChI is InChI=1S/C9H18O2/c1-2-4-9(6-8-11)5-3-7-10/h2,9-11H,1,3-8H2/t9-/m0/s1. The molecule has 0 amide bonds. The van der Waals surface area contributed by atoms with Crippen molar-refractivity contribution in [2.45, 2.75) is 25.7 Å². The van der Waals surface area contributed by atoms with E-state index in [1.807, 2.05) is 6.08 Å². The minimum Gasteiger partial charge on any atom is -0.396 e. The van der Waals surface area contributed by atoms with E-state index >= 15 is 0 Å². The molecule has 11 heavy (non-hydrogen) atoms. The van der Waals surface area contributed by atoms with Crippen LogP contribution in [-0.2, 0) is 0 Å². The number of hydrogen-bond donors (Lipinski definition) is 2. The Morgan fingerprint density at radius 2 is 1.91 bits per heavy atom. The zero-order chi connectivity index (χ0) is 8.53. The molecule has 0 aromatic rings. The van der Waals surface area contributed by atoms with Gasteiger partial charge in [-0.2, -0.15) is 0 Å². The molecule has 0 spiro atoms. The molecule has 66 valence electrons. The van der Waals surface area contributed by atoms with Gasteiger partial charge in [0.2, 0.25) is 0 Å². The van der Waals surface area contributed by atoms with Crippen molar-refractivity contribution in [3.05, 3.63) is 12.7 Å². The number of allylic oxidation sites excluding steroid dienone is 1. The number of aliphatic hydroxyl groups is 2. The lowest BCUT2D eigenvalue weighted by atomic mass is 9.96. The maximum atomic E-state index is 8.67. The molecule has 2 N–H and O–H groups in total. The second-order valence-corrected chi connectivity index (χ2v) is 2.77. The lowest BCUT2D eigenvalue weighted by Gasteiger charge is -2.11. The van der Waals surface area contributed by atoms with Crippen LogP contribution in [0.4, 0.5) is 0 Å². The molecule has 0 rings (SSSR count). The summed E-state index contributed by atoms with van der Waals surface area (Å²) in [4.78, 5) is 0. The van der Waals surface area contributed by atoms with Crippen LogP contribution in [0.5, 0.6) is 0 Å². The van der Waals surface area contributed by atoms with Crippen LogP contribution in [0.2, 0.25) is 0 Å². The molecule has 1 atom stereocenters. The predicted molar refractivity (Wildman–Crippen MR) is 46.3 cm³/mol.